The number of aliphatic hydroxyl groups is 1. The molecule has 0 aliphatic carbocycles. The van der Waals surface area contributed by atoms with Gasteiger partial charge in [-0.05, 0) is 32.3 Å². The molecule has 0 aliphatic rings. The summed E-state index contributed by atoms with van der Waals surface area (Å²) in [7, 11) is 0. The second-order valence-electron chi connectivity index (χ2n) is 5.82. The Labute approximate surface area is 141 Å². The van der Waals surface area contributed by atoms with Gasteiger partial charge in [-0.25, -0.2) is 4.79 Å². The minimum absolute atomic E-state index is 0.0133. The Bertz CT molecular complexity index is 630. The van der Waals surface area contributed by atoms with Gasteiger partial charge in [-0.2, -0.15) is 4.98 Å². The SMILES string of the molecule is CC(CCCO)NC(=O)NC(C)c1nc(Cc2ccccc2)no1. The summed E-state index contributed by atoms with van der Waals surface area (Å²) >= 11 is 0. The van der Waals surface area contributed by atoms with E-state index in [1.807, 2.05) is 37.3 Å². The van der Waals surface area contributed by atoms with E-state index < -0.39 is 0 Å². The molecule has 24 heavy (non-hydrogen) atoms. The first kappa shape index (κ1) is 17.9. The summed E-state index contributed by atoms with van der Waals surface area (Å²) in [6.07, 6.45) is 1.96. The standard InChI is InChI=1S/C17H24N4O3/c1-12(7-6-10-22)18-17(23)19-13(2)16-20-15(21-24-16)11-14-8-4-3-5-9-14/h3-5,8-9,12-13,22H,6-7,10-11H2,1-2H3,(H2,18,19,23). The van der Waals surface area contributed by atoms with E-state index in [0.717, 1.165) is 12.0 Å². The Balaban J connectivity index is 1.84. The lowest BCUT2D eigenvalue weighted by Crippen LogP contribution is -2.41. The molecule has 2 unspecified atom stereocenters. The first-order valence-electron chi connectivity index (χ1n) is 8.12. The molecule has 1 aromatic carbocycles. The second-order valence-corrected chi connectivity index (χ2v) is 5.82. The number of nitrogens with one attached hydrogen (secondary N) is 2. The van der Waals surface area contributed by atoms with Gasteiger partial charge in [0.05, 0.1) is 0 Å². The molecule has 7 nitrogen and oxygen atoms in total. The molecule has 0 spiro atoms. The smallest absolute Gasteiger partial charge is 0.315 e. The molecule has 1 aromatic heterocycles. The molecular formula is C17H24N4O3. The predicted molar refractivity (Wildman–Crippen MR) is 89.4 cm³/mol. The van der Waals surface area contributed by atoms with Crippen LogP contribution in [0, 0.1) is 0 Å². The lowest BCUT2D eigenvalue weighted by Gasteiger charge is -2.16. The Kier molecular flexibility index (Phi) is 6.74. The van der Waals surface area contributed by atoms with Gasteiger partial charge in [0.15, 0.2) is 5.82 Å². The molecule has 0 radical (unpaired) electrons. The molecule has 0 saturated heterocycles. The molecular weight excluding hydrogens is 308 g/mol. The van der Waals surface area contributed by atoms with Crippen LogP contribution in [-0.4, -0.2) is 33.9 Å². The first-order chi connectivity index (χ1) is 11.6. The number of benzene rings is 1. The molecule has 3 N–H and O–H groups in total. The number of aromatic nitrogens is 2. The molecule has 1 heterocycles. The molecule has 7 heteroatoms. The summed E-state index contributed by atoms with van der Waals surface area (Å²) in [6, 6.07) is 9.18. The van der Waals surface area contributed by atoms with Crippen molar-refractivity contribution in [3.63, 3.8) is 0 Å². The zero-order chi connectivity index (χ0) is 17.4. The van der Waals surface area contributed by atoms with Crippen molar-refractivity contribution in [2.45, 2.75) is 45.2 Å². The Hall–Kier alpha value is -2.41. The van der Waals surface area contributed by atoms with Crippen molar-refractivity contribution in [2.75, 3.05) is 6.61 Å². The zero-order valence-corrected chi connectivity index (χ0v) is 14.0. The van der Waals surface area contributed by atoms with Gasteiger partial charge >= 0.3 is 6.03 Å². The summed E-state index contributed by atoms with van der Waals surface area (Å²) < 4.78 is 5.23. The quantitative estimate of drug-likeness (QED) is 0.688. The third kappa shape index (κ3) is 5.66. The van der Waals surface area contributed by atoms with Crippen molar-refractivity contribution in [1.82, 2.24) is 20.8 Å². The van der Waals surface area contributed by atoms with Crippen molar-refractivity contribution in [3.8, 4) is 0 Å². The van der Waals surface area contributed by atoms with Gasteiger partial charge in [0.25, 0.3) is 0 Å². The van der Waals surface area contributed by atoms with Gasteiger partial charge in [0, 0.05) is 19.1 Å². The van der Waals surface area contributed by atoms with Crippen LogP contribution in [0.25, 0.3) is 0 Å². The average Bonchev–Trinajstić information content (AvgIpc) is 3.02. The fourth-order valence-corrected chi connectivity index (χ4v) is 2.29. The summed E-state index contributed by atoms with van der Waals surface area (Å²) in [4.78, 5) is 16.3. The van der Waals surface area contributed by atoms with Crippen LogP contribution >= 0.6 is 0 Å². The van der Waals surface area contributed by atoms with E-state index in [1.165, 1.54) is 0 Å². The molecule has 2 amide bonds. The molecule has 130 valence electrons. The number of amides is 2. The van der Waals surface area contributed by atoms with Crippen LogP contribution in [0.5, 0.6) is 0 Å². The van der Waals surface area contributed by atoms with Crippen molar-refractivity contribution >= 4 is 6.03 Å². The van der Waals surface area contributed by atoms with Gasteiger partial charge in [0.2, 0.25) is 5.89 Å². The summed E-state index contributed by atoms with van der Waals surface area (Å²) in [6.45, 7) is 3.80. The first-order valence-corrected chi connectivity index (χ1v) is 8.12. The largest absolute Gasteiger partial charge is 0.396 e. The number of hydrogen-bond acceptors (Lipinski definition) is 5. The number of carbonyl (C=O) groups is 1. The summed E-state index contributed by atoms with van der Waals surface area (Å²) in [5.41, 5.74) is 1.10. The maximum absolute atomic E-state index is 11.9. The minimum Gasteiger partial charge on any atom is -0.396 e. The highest BCUT2D eigenvalue weighted by Gasteiger charge is 2.17. The molecule has 2 aromatic rings. The van der Waals surface area contributed by atoms with E-state index in [0.29, 0.717) is 24.6 Å². The molecule has 2 atom stereocenters. The summed E-state index contributed by atoms with van der Waals surface area (Å²) in [5.74, 6) is 0.959. The topological polar surface area (TPSA) is 100 Å². The third-order valence-electron chi connectivity index (χ3n) is 3.58. The van der Waals surface area contributed by atoms with Crippen LogP contribution in [-0.2, 0) is 6.42 Å². The highest BCUT2D eigenvalue weighted by Crippen LogP contribution is 2.12. The van der Waals surface area contributed by atoms with Gasteiger partial charge in [0.1, 0.15) is 6.04 Å². The maximum Gasteiger partial charge on any atom is 0.315 e. The fraction of sp³-hybridized carbons (Fsp3) is 0.471. The second kappa shape index (κ2) is 9.02. The normalized spacial score (nSPS) is 13.3. The maximum atomic E-state index is 11.9. The number of carbonyl (C=O) groups excluding carboxylic acids is 1. The number of urea groups is 1. The molecule has 0 aliphatic heterocycles. The predicted octanol–water partition coefficient (Wildman–Crippen LogP) is 2.18. The Morgan fingerprint density at radius 2 is 2.00 bits per heavy atom. The average molecular weight is 332 g/mol. The van der Waals surface area contributed by atoms with Crippen LogP contribution in [0.15, 0.2) is 34.9 Å². The van der Waals surface area contributed by atoms with E-state index in [1.54, 1.807) is 6.92 Å². The minimum atomic E-state index is -0.382. The van der Waals surface area contributed by atoms with Gasteiger partial charge in [-0.3, -0.25) is 0 Å². The highest BCUT2D eigenvalue weighted by atomic mass is 16.5. The lowest BCUT2D eigenvalue weighted by molar-refractivity contribution is 0.228. The highest BCUT2D eigenvalue weighted by molar-refractivity contribution is 5.74. The van der Waals surface area contributed by atoms with Crippen LogP contribution in [0.1, 0.15) is 50.0 Å². The molecule has 0 fully saturated rings. The van der Waals surface area contributed by atoms with Crippen molar-refractivity contribution in [3.05, 3.63) is 47.6 Å². The Morgan fingerprint density at radius 3 is 2.71 bits per heavy atom. The van der Waals surface area contributed by atoms with Crippen LogP contribution < -0.4 is 10.6 Å². The van der Waals surface area contributed by atoms with Crippen molar-refractivity contribution < 1.29 is 14.4 Å². The van der Waals surface area contributed by atoms with E-state index >= 15 is 0 Å². The molecule has 0 bridgehead atoms. The van der Waals surface area contributed by atoms with E-state index in [-0.39, 0.29) is 24.7 Å². The van der Waals surface area contributed by atoms with Gasteiger partial charge in [-0.1, -0.05) is 35.5 Å². The Morgan fingerprint density at radius 1 is 1.25 bits per heavy atom. The van der Waals surface area contributed by atoms with Crippen LogP contribution in [0.3, 0.4) is 0 Å². The monoisotopic (exact) mass is 332 g/mol. The lowest BCUT2D eigenvalue weighted by atomic mass is 10.1. The van der Waals surface area contributed by atoms with Crippen molar-refractivity contribution in [2.24, 2.45) is 0 Å². The number of rotatable bonds is 8. The van der Waals surface area contributed by atoms with Crippen LogP contribution in [0.4, 0.5) is 4.79 Å². The third-order valence-corrected chi connectivity index (χ3v) is 3.58. The van der Waals surface area contributed by atoms with E-state index in [9.17, 15) is 4.79 Å². The molecule has 2 rings (SSSR count). The number of nitrogens with zero attached hydrogens (tertiary/aromatic N) is 2. The van der Waals surface area contributed by atoms with E-state index in [2.05, 4.69) is 20.8 Å². The number of aliphatic hydroxyl groups excluding tert-OH is 1. The number of hydrogen-bond donors (Lipinski definition) is 3. The zero-order valence-electron chi connectivity index (χ0n) is 14.0. The summed E-state index contributed by atoms with van der Waals surface area (Å²) in [5, 5.41) is 18.3. The van der Waals surface area contributed by atoms with Crippen LogP contribution in [0.2, 0.25) is 0 Å². The molecule has 0 saturated carbocycles. The van der Waals surface area contributed by atoms with E-state index in [4.69, 9.17) is 9.63 Å². The van der Waals surface area contributed by atoms with Gasteiger partial charge in [-0.15, -0.1) is 0 Å². The fourth-order valence-electron chi connectivity index (χ4n) is 2.29. The van der Waals surface area contributed by atoms with Crippen molar-refractivity contribution in [1.29, 1.82) is 0 Å². The van der Waals surface area contributed by atoms with Gasteiger partial charge < -0.3 is 20.3 Å².